The number of hydrogen-bond donors (Lipinski definition) is 0. The maximum Gasteiger partial charge on any atom is 0.331 e. The van der Waals surface area contributed by atoms with Gasteiger partial charge in [0.05, 0.1) is 27.2 Å². The van der Waals surface area contributed by atoms with E-state index >= 15 is 0 Å². The highest BCUT2D eigenvalue weighted by Gasteiger charge is 2.32. The number of nitrogens with zero attached hydrogens (tertiary/aromatic N) is 4. The molecule has 1 aliphatic heterocycles. The monoisotopic (exact) mass is 434 g/mol. The Balaban J connectivity index is 1.52. The Morgan fingerprint density at radius 2 is 1.87 bits per heavy atom. The van der Waals surface area contributed by atoms with Crippen molar-refractivity contribution in [1.29, 1.82) is 0 Å². The number of hydrogen-bond acceptors (Lipinski definition) is 5. The van der Waals surface area contributed by atoms with Gasteiger partial charge >= 0.3 is 5.69 Å². The molecule has 158 valence electrons. The second-order valence-electron chi connectivity index (χ2n) is 7.70. The van der Waals surface area contributed by atoms with Crippen molar-refractivity contribution in [1.82, 2.24) is 19.0 Å². The van der Waals surface area contributed by atoms with Crippen LogP contribution in [0.15, 0.2) is 58.1 Å². The van der Waals surface area contributed by atoms with E-state index in [4.69, 9.17) is 4.98 Å². The third-order valence-electron chi connectivity index (χ3n) is 5.91. The molecule has 2 aromatic heterocycles. The maximum atomic E-state index is 13.3. The van der Waals surface area contributed by atoms with E-state index in [0.717, 1.165) is 28.1 Å². The minimum absolute atomic E-state index is 0.0797. The van der Waals surface area contributed by atoms with E-state index in [-0.39, 0.29) is 30.6 Å². The van der Waals surface area contributed by atoms with Gasteiger partial charge in [-0.1, -0.05) is 24.3 Å². The van der Waals surface area contributed by atoms with Crippen LogP contribution in [0.5, 0.6) is 0 Å². The van der Waals surface area contributed by atoms with Crippen molar-refractivity contribution in [2.75, 3.05) is 6.54 Å². The van der Waals surface area contributed by atoms with Crippen molar-refractivity contribution >= 4 is 38.4 Å². The molecule has 1 atom stereocenters. The van der Waals surface area contributed by atoms with E-state index in [2.05, 4.69) is 0 Å². The van der Waals surface area contributed by atoms with Gasteiger partial charge in [-0.2, -0.15) is 0 Å². The number of rotatable bonds is 4. The van der Waals surface area contributed by atoms with Gasteiger partial charge in [-0.3, -0.25) is 18.7 Å². The van der Waals surface area contributed by atoms with E-state index in [1.807, 2.05) is 29.2 Å². The highest BCUT2D eigenvalue weighted by Crippen LogP contribution is 2.36. The number of carbonyl (C=O) groups excluding carboxylic acids is 1. The number of carbonyl (C=O) groups is 1. The van der Waals surface area contributed by atoms with E-state index in [0.29, 0.717) is 17.4 Å². The van der Waals surface area contributed by atoms with E-state index < -0.39 is 5.69 Å². The van der Waals surface area contributed by atoms with Crippen LogP contribution in [-0.2, 0) is 17.9 Å². The number of thiazole rings is 1. The van der Waals surface area contributed by atoms with E-state index in [1.165, 1.54) is 9.13 Å². The minimum Gasteiger partial charge on any atom is -0.332 e. The van der Waals surface area contributed by atoms with Gasteiger partial charge in [0.25, 0.3) is 5.56 Å². The fourth-order valence-corrected chi connectivity index (χ4v) is 5.50. The van der Waals surface area contributed by atoms with Crippen LogP contribution in [0.3, 0.4) is 0 Å². The van der Waals surface area contributed by atoms with E-state index in [1.54, 1.807) is 42.5 Å². The fourth-order valence-electron chi connectivity index (χ4n) is 4.38. The molecule has 2 aromatic carbocycles. The van der Waals surface area contributed by atoms with Crippen molar-refractivity contribution in [2.45, 2.75) is 38.9 Å². The quantitative estimate of drug-likeness (QED) is 0.494. The smallest absolute Gasteiger partial charge is 0.331 e. The third-order valence-corrected chi connectivity index (χ3v) is 7.05. The van der Waals surface area contributed by atoms with Gasteiger partial charge in [0.15, 0.2) is 0 Å². The van der Waals surface area contributed by atoms with Gasteiger partial charge in [-0.05, 0) is 44.0 Å². The topological polar surface area (TPSA) is 77.2 Å². The van der Waals surface area contributed by atoms with Gasteiger partial charge in [0.2, 0.25) is 5.91 Å². The number of para-hydroxylation sites is 2. The van der Waals surface area contributed by atoms with Crippen LogP contribution < -0.4 is 11.2 Å². The van der Waals surface area contributed by atoms with Crippen LogP contribution in [0.25, 0.3) is 21.1 Å². The molecule has 1 amide bonds. The highest BCUT2D eigenvalue weighted by molar-refractivity contribution is 7.18. The van der Waals surface area contributed by atoms with Crippen LogP contribution in [0, 0.1) is 0 Å². The lowest BCUT2D eigenvalue weighted by molar-refractivity contribution is -0.132. The zero-order valence-electron chi connectivity index (χ0n) is 17.2. The van der Waals surface area contributed by atoms with Gasteiger partial charge in [-0.25, -0.2) is 9.78 Å². The summed E-state index contributed by atoms with van der Waals surface area (Å²) in [5, 5.41) is 1.38. The summed E-state index contributed by atoms with van der Waals surface area (Å²) in [7, 11) is 0. The predicted octanol–water partition coefficient (Wildman–Crippen LogP) is 3.16. The molecule has 0 bridgehead atoms. The lowest BCUT2D eigenvalue weighted by Crippen LogP contribution is -2.43. The van der Waals surface area contributed by atoms with Crippen molar-refractivity contribution in [3.63, 3.8) is 0 Å². The zero-order chi connectivity index (χ0) is 21.5. The average molecular weight is 435 g/mol. The number of likely N-dealkylation sites (tertiary alicyclic amines) is 1. The van der Waals surface area contributed by atoms with Gasteiger partial charge < -0.3 is 4.90 Å². The number of amides is 1. The molecular weight excluding hydrogens is 412 g/mol. The first-order valence-corrected chi connectivity index (χ1v) is 11.3. The Kier molecular flexibility index (Phi) is 4.94. The number of aromatic nitrogens is 3. The summed E-state index contributed by atoms with van der Waals surface area (Å²) in [5.41, 5.74) is 0.668. The number of benzene rings is 2. The molecule has 0 spiro atoms. The second kappa shape index (κ2) is 7.77. The molecule has 3 heterocycles. The summed E-state index contributed by atoms with van der Waals surface area (Å²) < 4.78 is 3.72. The number of fused-ring (bicyclic) bond motifs is 2. The molecule has 31 heavy (non-hydrogen) atoms. The molecule has 4 aromatic rings. The molecule has 1 fully saturated rings. The Morgan fingerprint density at radius 3 is 2.68 bits per heavy atom. The first-order chi connectivity index (χ1) is 15.1. The Hall–Kier alpha value is -3.26. The Bertz CT molecular complexity index is 1380. The second-order valence-corrected chi connectivity index (χ2v) is 8.76. The van der Waals surface area contributed by atoms with Crippen molar-refractivity contribution in [3.8, 4) is 0 Å². The lowest BCUT2D eigenvalue weighted by Gasteiger charge is -2.24. The molecule has 0 N–H and O–H groups in total. The largest absolute Gasteiger partial charge is 0.332 e. The lowest BCUT2D eigenvalue weighted by atomic mass is 10.2. The maximum absolute atomic E-state index is 13.3. The van der Waals surface area contributed by atoms with Crippen LogP contribution in [0.1, 0.15) is 30.8 Å². The van der Waals surface area contributed by atoms with Crippen LogP contribution in [-0.4, -0.2) is 31.5 Å². The summed E-state index contributed by atoms with van der Waals surface area (Å²) >= 11 is 1.62. The summed E-state index contributed by atoms with van der Waals surface area (Å²) in [6.07, 6.45) is 1.76. The molecule has 1 saturated heterocycles. The highest BCUT2D eigenvalue weighted by atomic mass is 32.1. The molecule has 0 unspecified atom stereocenters. The summed E-state index contributed by atoms with van der Waals surface area (Å²) in [6, 6.07) is 14.9. The average Bonchev–Trinajstić information content (AvgIpc) is 3.43. The molecule has 5 rings (SSSR count). The van der Waals surface area contributed by atoms with Crippen molar-refractivity contribution < 1.29 is 4.79 Å². The summed E-state index contributed by atoms with van der Waals surface area (Å²) in [5.74, 6) is -0.129. The molecular formula is C23H22N4O3S. The van der Waals surface area contributed by atoms with Gasteiger partial charge in [0.1, 0.15) is 11.6 Å². The molecule has 7 nitrogen and oxygen atoms in total. The fraction of sp³-hybridized carbons (Fsp3) is 0.304. The zero-order valence-corrected chi connectivity index (χ0v) is 18.0. The Labute approximate surface area is 182 Å². The van der Waals surface area contributed by atoms with Gasteiger partial charge in [0, 0.05) is 13.1 Å². The molecule has 0 aliphatic carbocycles. The van der Waals surface area contributed by atoms with Crippen LogP contribution >= 0.6 is 11.3 Å². The Morgan fingerprint density at radius 1 is 1.10 bits per heavy atom. The predicted molar refractivity (Wildman–Crippen MR) is 121 cm³/mol. The van der Waals surface area contributed by atoms with Crippen LogP contribution in [0.4, 0.5) is 0 Å². The first kappa shape index (κ1) is 19.7. The standard InChI is InChI=1S/C23H22N4O3S/c1-2-25-22(29)15-8-3-5-10-17(15)27(23(25)30)14-20(28)26-13-7-11-18(26)21-24-16-9-4-6-12-19(16)31-21/h3-6,8-10,12,18H,2,7,11,13-14H2,1H3/t18-/m0/s1. The minimum atomic E-state index is -0.449. The summed E-state index contributed by atoms with van der Waals surface area (Å²) in [4.78, 5) is 45.6. The summed E-state index contributed by atoms with van der Waals surface area (Å²) in [6.45, 7) is 2.56. The first-order valence-electron chi connectivity index (χ1n) is 10.5. The van der Waals surface area contributed by atoms with Crippen LogP contribution in [0.2, 0.25) is 0 Å². The molecule has 1 aliphatic rings. The van der Waals surface area contributed by atoms with Crippen molar-refractivity contribution in [2.24, 2.45) is 0 Å². The van der Waals surface area contributed by atoms with Crippen molar-refractivity contribution in [3.05, 3.63) is 74.4 Å². The SMILES string of the molecule is CCn1c(=O)c2ccccc2n(CC(=O)N2CCC[C@H]2c2nc3ccccc3s2)c1=O. The van der Waals surface area contributed by atoms with E-state index in [9.17, 15) is 14.4 Å². The molecule has 0 radical (unpaired) electrons. The normalized spacial score (nSPS) is 16.4. The molecule has 8 heteroatoms. The molecule has 0 saturated carbocycles. The third kappa shape index (κ3) is 3.27. The van der Waals surface area contributed by atoms with Gasteiger partial charge in [-0.15, -0.1) is 11.3 Å².